The Morgan fingerprint density at radius 1 is 1.21 bits per heavy atom. The van der Waals surface area contributed by atoms with Crippen molar-refractivity contribution >= 4 is 41.0 Å². The predicted octanol–water partition coefficient (Wildman–Crippen LogP) is 4.89. The number of ether oxygens (including phenoxy) is 1. The minimum atomic E-state index is -0.516. The lowest BCUT2D eigenvalue weighted by atomic mass is 10.1. The van der Waals surface area contributed by atoms with Crippen LogP contribution in [0.25, 0.3) is 6.08 Å². The topological polar surface area (TPSA) is 47.9 Å². The molecule has 3 rings (SSSR count). The first kappa shape index (κ1) is 16.6. The van der Waals surface area contributed by atoms with E-state index in [1.807, 2.05) is 30.3 Å². The average molecular weight is 362 g/mol. The Morgan fingerprint density at radius 3 is 2.62 bits per heavy atom. The third-order valence-electron chi connectivity index (χ3n) is 3.44. The molecule has 0 aliphatic carbocycles. The Hall–Kier alpha value is -2.30. The molecular formula is C18H13Cl2NO3. The molecule has 0 saturated heterocycles. The molecule has 0 bridgehead atoms. The molecule has 0 amide bonds. The highest BCUT2D eigenvalue weighted by Crippen LogP contribution is 2.35. The van der Waals surface area contributed by atoms with Crippen LogP contribution in [0.1, 0.15) is 18.1 Å². The number of hydrogen-bond donors (Lipinski definition) is 0. The van der Waals surface area contributed by atoms with E-state index < -0.39 is 5.97 Å². The first-order chi connectivity index (χ1) is 11.5. The van der Waals surface area contributed by atoms with Gasteiger partial charge in [0.05, 0.1) is 16.3 Å². The number of hydrogen-bond acceptors (Lipinski definition) is 4. The number of rotatable bonds is 4. The van der Waals surface area contributed by atoms with E-state index in [-0.39, 0.29) is 0 Å². The second-order valence-electron chi connectivity index (χ2n) is 5.19. The van der Waals surface area contributed by atoms with Gasteiger partial charge in [0.25, 0.3) is 0 Å². The van der Waals surface area contributed by atoms with Gasteiger partial charge in [0.2, 0.25) is 0 Å². The van der Waals surface area contributed by atoms with E-state index in [0.29, 0.717) is 39.2 Å². The van der Waals surface area contributed by atoms with Crippen molar-refractivity contribution in [2.45, 2.75) is 13.5 Å². The second-order valence-corrected chi connectivity index (χ2v) is 6.04. The molecule has 2 aromatic rings. The van der Waals surface area contributed by atoms with Gasteiger partial charge in [-0.1, -0.05) is 58.7 Å². The molecule has 4 nitrogen and oxygen atoms in total. The summed E-state index contributed by atoms with van der Waals surface area (Å²) in [6.07, 6.45) is 1.62. The Bertz CT molecular complexity index is 845. The number of carbonyl (C=O) groups is 1. The van der Waals surface area contributed by atoms with Crippen LogP contribution < -0.4 is 4.74 Å². The predicted molar refractivity (Wildman–Crippen MR) is 94.4 cm³/mol. The lowest BCUT2D eigenvalue weighted by molar-refractivity contribution is -0.136. The fourth-order valence-corrected chi connectivity index (χ4v) is 2.81. The zero-order chi connectivity index (χ0) is 17.1. The number of oxime groups is 1. The van der Waals surface area contributed by atoms with Gasteiger partial charge in [-0.05, 0) is 30.7 Å². The summed E-state index contributed by atoms with van der Waals surface area (Å²) in [5.41, 5.74) is 2.43. The maximum Gasteiger partial charge on any atom is 0.367 e. The molecule has 122 valence electrons. The maximum absolute atomic E-state index is 11.7. The van der Waals surface area contributed by atoms with Gasteiger partial charge < -0.3 is 9.57 Å². The van der Waals surface area contributed by atoms with E-state index >= 15 is 0 Å². The third-order valence-corrected chi connectivity index (χ3v) is 3.94. The monoisotopic (exact) mass is 361 g/mol. The first-order valence-corrected chi connectivity index (χ1v) is 7.94. The molecule has 1 aliphatic rings. The van der Waals surface area contributed by atoms with E-state index in [1.54, 1.807) is 25.1 Å². The number of nitrogens with zero attached hydrogens (tertiary/aromatic N) is 1. The fourth-order valence-electron chi connectivity index (χ4n) is 2.24. The van der Waals surface area contributed by atoms with Gasteiger partial charge in [-0.15, -0.1) is 0 Å². The molecule has 1 aliphatic heterocycles. The van der Waals surface area contributed by atoms with E-state index in [1.165, 1.54) is 0 Å². The molecule has 0 fully saturated rings. The average Bonchev–Trinajstić information content (AvgIpc) is 2.87. The van der Waals surface area contributed by atoms with Gasteiger partial charge in [-0.3, -0.25) is 0 Å². The third kappa shape index (κ3) is 3.61. The summed E-state index contributed by atoms with van der Waals surface area (Å²) in [5, 5.41) is 4.47. The van der Waals surface area contributed by atoms with Crippen LogP contribution in [0.15, 0.2) is 53.2 Å². The molecule has 0 unspecified atom stereocenters. The summed E-state index contributed by atoms with van der Waals surface area (Å²) in [6, 6.07) is 13.0. The normalized spacial score (nSPS) is 15.4. The minimum absolute atomic E-state index is 0.343. The van der Waals surface area contributed by atoms with Crippen molar-refractivity contribution in [2.75, 3.05) is 0 Å². The standard InChI is InChI=1S/C18H13Cl2NO3/c1-11-15(18(22)24-21-11)8-13-7-14(19)9-16(20)17(13)23-10-12-5-3-2-4-6-12/h2-9H,10H2,1H3/b15-8-. The highest BCUT2D eigenvalue weighted by atomic mass is 35.5. The van der Waals surface area contributed by atoms with E-state index in [9.17, 15) is 4.79 Å². The Balaban J connectivity index is 1.95. The Kier molecular flexibility index (Phi) is 4.88. The van der Waals surface area contributed by atoms with Crippen LogP contribution >= 0.6 is 23.2 Å². The lowest BCUT2D eigenvalue weighted by Crippen LogP contribution is -2.03. The quantitative estimate of drug-likeness (QED) is 0.575. The molecule has 0 aromatic heterocycles. The van der Waals surface area contributed by atoms with E-state index in [4.69, 9.17) is 27.9 Å². The van der Waals surface area contributed by atoms with Crippen molar-refractivity contribution in [1.82, 2.24) is 0 Å². The van der Waals surface area contributed by atoms with Crippen molar-refractivity contribution in [2.24, 2.45) is 5.16 Å². The highest BCUT2D eigenvalue weighted by molar-refractivity contribution is 6.36. The van der Waals surface area contributed by atoms with E-state index in [2.05, 4.69) is 9.99 Å². The van der Waals surface area contributed by atoms with Crippen LogP contribution in [-0.4, -0.2) is 11.7 Å². The van der Waals surface area contributed by atoms with Gasteiger partial charge in [-0.25, -0.2) is 4.79 Å². The summed E-state index contributed by atoms with van der Waals surface area (Å²) in [4.78, 5) is 16.4. The van der Waals surface area contributed by atoms with Crippen molar-refractivity contribution in [1.29, 1.82) is 0 Å². The molecule has 0 radical (unpaired) electrons. The number of carbonyl (C=O) groups excluding carboxylic acids is 1. The lowest BCUT2D eigenvalue weighted by Gasteiger charge is -2.12. The molecule has 0 atom stereocenters. The molecule has 1 heterocycles. The van der Waals surface area contributed by atoms with Crippen LogP contribution in [0, 0.1) is 0 Å². The van der Waals surface area contributed by atoms with Crippen molar-refractivity contribution in [3.05, 3.63) is 69.2 Å². The van der Waals surface area contributed by atoms with Crippen LogP contribution in [0.4, 0.5) is 0 Å². The largest absolute Gasteiger partial charge is 0.487 e. The first-order valence-electron chi connectivity index (χ1n) is 7.18. The van der Waals surface area contributed by atoms with Crippen molar-refractivity contribution in [3.8, 4) is 5.75 Å². The van der Waals surface area contributed by atoms with Gasteiger partial charge >= 0.3 is 5.97 Å². The zero-order valence-corrected chi connectivity index (χ0v) is 14.3. The maximum atomic E-state index is 11.7. The summed E-state index contributed by atoms with van der Waals surface area (Å²) in [6.45, 7) is 2.03. The molecular weight excluding hydrogens is 349 g/mol. The van der Waals surface area contributed by atoms with Crippen LogP contribution in [-0.2, 0) is 16.2 Å². The van der Waals surface area contributed by atoms with E-state index in [0.717, 1.165) is 5.56 Å². The molecule has 0 N–H and O–H groups in total. The summed E-state index contributed by atoms with van der Waals surface area (Å²) < 4.78 is 5.86. The zero-order valence-electron chi connectivity index (χ0n) is 12.8. The van der Waals surface area contributed by atoms with Crippen LogP contribution in [0.5, 0.6) is 5.75 Å². The SMILES string of the molecule is CC1=NOC(=O)/C1=C\c1cc(Cl)cc(Cl)c1OCc1ccccc1. The van der Waals surface area contributed by atoms with Crippen molar-refractivity contribution in [3.63, 3.8) is 0 Å². The minimum Gasteiger partial charge on any atom is -0.487 e. The summed E-state index contributed by atoms with van der Waals surface area (Å²) in [5.74, 6) is -0.0671. The summed E-state index contributed by atoms with van der Waals surface area (Å²) >= 11 is 12.4. The number of halogens is 2. The second kappa shape index (κ2) is 7.07. The smallest absolute Gasteiger partial charge is 0.367 e. The highest BCUT2D eigenvalue weighted by Gasteiger charge is 2.23. The molecule has 0 spiro atoms. The van der Waals surface area contributed by atoms with Crippen LogP contribution in [0.2, 0.25) is 10.0 Å². The Labute approximate surface area is 149 Å². The van der Waals surface area contributed by atoms with Gasteiger partial charge in [-0.2, -0.15) is 0 Å². The van der Waals surface area contributed by atoms with Gasteiger partial charge in [0, 0.05) is 10.6 Å². The summed E-state index contributed by atoms with van der Waals surface area (Å²) in [7, 11) is 0. The molecule has 2 aromatic carbocycles. The number of benzene rings is 2. The van der Waals surface area contributed by atoms with Crippen LogP contribution in [0.3, 0.4) is 0 Å². The molecule has 6 heteroatoms. The Morgan fingerprint density at radius 2 is 1.96 bits per heavy atom. The van der Waals surface area contributed by atoms with Gasteiger partial charge in [0.15, 0.2) is 0 Å². The molecule has 24 heavy (non-hydrogen) atoms. The van der Waals surface area contributed by atoms with Gasteiger partial charge in [0.1, 0.15) is 12.4 Å². The molecule has 0 saturated carbocycles. The fraction of sp³-hybridized carbons (Fsp3) is 0.111. The van der Waals surface area contributed by atoms with Crippen molar-refractivity contribution < 1.29 is 14.4 Å².